The van der Waals surface area contributed by atoms with E-state index in [9.17, 15) is 9.59 Å². The quantitative estimate of drug-likeness (QED) is 0.489. The van der Waals surface area contributed by atoms with Crippen molar-refractivity contribution in [1.82, 2.24) is 10.2 Å². The van der Waals surface area contributed by atoms with E-state index in [0.717, 1.165) is 44.0 Å². The minimum absolute atomic E-state index is 0.00588. The molecule has 3 N–H and O–H groups in total. The Balaban J connectivity index is 1.33. The molecular weight excluding hydrogens is 388 g/mol. The maximum atomic E-state index is 12.7. The number of nitrogens with zero attached hydrogens (tertiary/aromatic N) is 1. The van der Waals surface area contributed by atoms with Crippen LogP contribution in [-0.2, 0) is 22.6 Å². The molecule has 2 aromatic rings. The van der Waals surface area contributed by atoms with Gasteiger partial charge in [-0.3, -0.25) is 9.59 Å². The first-order chi connectivity index (χ1) is 15.0. The highest BCUT2D eigenvalue weighted by atomic mass is 16.2. The van der Waals surface area contributed by atoms with Gasteiger partial charge < -0.3 is 20.0 Å². The average Bonchev–Trinajstić information content (AvgIpc) is 2.75. The Morgan fingerprint density at radius 1 is 1.00 bits per heavy atom. The Kier molecular flexibility index (Phi) is 8.62. The summed E-state index contributed by atoms with van der Waals surface area (Å²) >= 11 is 0. The molecule has 31 heavy (non-hydrogen) atoms. The number of amides is 2. The fourth-order valence-electron chi connectivity index (χ4n) is 4.12. The molecule has 2 aromatic carbocycles. The van der Waals surface area contributed by atoms with E-state index in [1.54, 1.807) is 0 Å². The number of rotatable bonds is 9. The van der Waals surface area contributed by atoms with Gasteiger partial charge in [-0.05, 0) is 18.9 Å². The van der Waals surface area contributed by atoms with Gasteiger partial charge in [-0.15, -0.1) is 0 Å². The molecule has 0 aliphatic carbocycles. The van der Waals surface area contributed by atoms with Gasteiger partial charge in [-0.1, -0.05) is 60.2 Å². The van der Waals surface area contributed by atoms with Gasteiger partial charge in [0.1, 0.15) is 6.54 Å². The van der Waals surface area contributed by atoms with Crippen molar-refractivity contribution in [2.45, 2.75) is 19.9 Å². The van der Waals surface area contributed by atoms with Gasteiger partial charge in [0.2, 0.25) is 0 Å². The van der Waals surface area contributed by atoms with E-state index < -0.39 is 0 Å². The minimum Gasteiger partial charge on any atom is -0.351 e. The van der Waals surface area contributed by atoms with Crippen LogP contribution >= 0.6 is 0 Å². The zero-order valence-electron chi connectivity index (χ0n) is 18.8. The summed E-state index contributed by atoms with van der Waals surface area (Å²) in [7, 11) is 1.91. The number of carbonyl (C=O) groups is 2. The van der Waals surface area contributed by atoms with E-state index in [4.69, 9.17) is 0 Å². The van der Waals surface area contributed by atoms with E-state index in [0.29, 0.717) is 19.6 Å². The van der Waals surface area contributed by atoms with Crippen LogP contribution in [-0.4, -0.2) is 69.6 Å². The Morgan fingerprint density at radius 3 is 2.42 bits per heavy atom. The topological polar surface area (TPSA) is 58.3 Å². The lowest BCUT2D eigenvalue weighted by Crippen LogP contribution is -3.14. The van der Waals surface area contributed by atoms with Gasteiger partial charge >= 0.3 is 0 Å². The second kappa shape index (κ2) is 11.6. The third kappa shape index (κ3) is 7.81. The third-order valence-corrected chi connectivity index (χ3v) is 5.85. The molecule has 0 aromatic heterocycles. The molecule has 2 amide bonds. The van der Waals surface area contributed by atoms with Crippen molar-refractivity contribution in [2.24, 2.45) is 0 Å². The van der Waals surface area contributed by atoms with Crippen molar-refractivity contribution in [3.05, 3.63) is 71.3 Å². The molecule has 0 bridgehead atoms. The number of hydrogen-bond donors (Lipinski definition) is 3. The van der Waals surface area contributed by atoms with E-state index in [-0.39, 0.29) is 11.8 Å². The van der Waals surface area contributed by atoms with Gasteiger partial charge in [-0.25, -0.2) is 0 Å². The van der Waals surface area contributed by atoms with Crippen LogP contribution in [0, 0.1) is 6.92 Å². The monoisotopic (exact) mass is 424 g/mol. The summed E-state index contributed by atoms with van der Waals surface area (Å²) in [5.41, 5.74) is 3.86. The number of nitrogens with one attached hydrogen (secondary N) is 3. The predicted octanol–water partition coefficient (Wildman–Crippen LogP) is -0.904. The molecule has 1 saturated heterocycles. The van der Waals surface area contributed by atoms with E-state index in [1.807, 2.05) is 30.1 Å². The van der Waals surface area contributed by atoms with Crippen molar-refractivity contribution >= 4 is 11.8 Å². The first-order valence-corrected chi connectivity index (χ1v) is 11.3. The molecule has 3 rings (SSSR count). The number of piperazine rings is 1. The summed E-state index contributed by atoms with van der Waals surface area (Å²) in [5.74, 6) is 0.137. The molecule has 6 nitrogen and oxygen atoms in total. The lowest BCUT2D eigenvalue weighted by Gasteiger charge is -2.32. The molecule has 1 aliphatic heterocycles. The smallest absolute Gasteiger partial charge is 0.278 e. The number of benzene rings is 2. The SMILES string of the molecule is Cc1cccc(C[NH+]2CCN(C(=O)C[NH+](C)CC(=O)NCCc3ccccc3)CC2)c1. The van der Waals surface area contributed by atoms with Crippen LogP contribution in [0.4, 0.5) is 0 Å². The maximum Gasteiger partial charge on any atom is 0.278 e. The van der Waals surface area contributed by atoms with Crippen LogP contribution in [0.1, 0.15) is 16.7 Å². The normalized spacial score (nSPS) is 15.5. The van der Waals surface area contributed by atoms with Gasteiger partial charge in [0.15, 0.2) is 13.1 Å². The highest BCUT2D eigenvalue weighted by Crippen LogP contribution is 2.02. The molecule has 1 atom stereocenters. The van der Waals surface area contributed by atoms with E-state index in [1.165, 1.54) is 21.6 Å². The summed E-state index contributed by atoms with van der Waals surface area (Å²) < 4.78 is 0. The molecule has 0 spiro atoms. The Bertz CT molecular complexity index is 848. The molecule has 1 aliphatic rings. The molecule has 166 valence electrons. The zero-order valence-corrected chi connectivity index (χ0v) is 18.8. The van der Waals surface area contributed by atoms with Gasteiger partial charge in [0, 0.05) is 12.1 Å². The third-order valence-electron chi connectivity index (χ3n) is 5.85. The van der Waals surface area contributed by atoms with Crippen LogP contribution in [0.25, 0.3) is 0 Å². The molecule has 0 radical (unpaired) electrons. The summed E-state index contributed by atoms with van der Waals surface area (Å²) in [6.45, 7) is 7.95. The highest BCUT2D eigenvalue weighted by Gasteiger charge is 2.26. The molecular formula is C25H36N4O2+2. The maximum absolute atomic E-state index is 12.7. The van der Waals surface area contributed by atoms with Crippen molar-refractivity contribution in [3.8, 4) is 0 Å². The summed E-state index contributed by atoms with van der Waals surface area (Å²) in [5, 5.41) is 2.96. The predicted molar refractivity (Wildman–Crippen MR) is 122 cm³/mol. The Labute approximate surface area is 185 Å². The van der Waals surface area contributed by atoms with Crippen molar-refractivity contribution in [3.63, 3.8) is 0 Å². The Morgan fingerprint density at radius 2 is 1.71 bits per heavy atom. The van der Waals surface area contributed by atoms with Gasteiger partial charge in [-0.2, -0.15) is 0 Å². The number of likely N-dealkylation sites (N-methyl/N-ethyl adjacent to an activating group) is 1. The minimum atomic E-state index is -0.00588. The summed E-state index contributed by atoms with van der Waals surface area (Å²) in [4.78, 5) is 29.2. The largest absolute Gasteiger partial charge is 0.351 e. The second-order valence-corrected chi connectivity index (χ2v) is 8.69. The fourth-order valence-corrected chi connectivity index (χ4v) is 4.12. The van der Waals surface area contributed by atoms with E-state index >= 15 is 0 Å². The van der Waals surface area contributed by atoms with Crippen LogP contribution in [0.15, 0.2) is 54.6 Å². The molecule has 1 unspecified atom stereocenters. The standard InChI is InChI=1S/C25H34N4O2/c1-21-7-6-10-23(17-21)18-28-13-15-29(16-14-28)25(31)20-27(2)19-24(30)26-12-11-22-8-4-3-5-9-22/h3-10,17H,11-16,18-20H2,1-2H3,(H,26,30)/p+2. The summed E-state index contributed by atoms with van der Waals surface area (Å²) in [6, 6.07) is 18.8. The van der Waals surface area contributed by atoms with E-state index in [2.05, 4.69) is 48.6 Å². The lowest BCUT2D eigenvalue weighted by molar-refractivity contribution is -0.917. The van der Waals surface area contributed by atoms with Crippen LogP contribution < -0.4 is 15.1 Å². The number of aryl methyl sites for hydroxylation is 1. The molecule has 0 saturated carbocycles. The zero-order chi connectivity index (χ0) is 22.1. The van der Waals surface area contributed by atoms with Crippen LogP contribution in [0.2, 0.25) is 0 Å². The fraction of sp³-hybridized carbons (Fsp3) is 0.440. The lowest BCUT2D eigenvalue weighted by atomic mass is 10.1. The van der Waals surface area contributed by atoms with Gasteiger partial charge in [0.25, 0.3) is 11.8 Å². The Hall–Kier alpha value is -2.70. The van der Waals surface area contributed by atoms with Gasteiger partial charge in [0.05, 0.1) is 33.2 Å². The van der Waals surface area contributed by atoms with Crippen LogP contribution in [0.3, 0.4) is 0 Å². The van der Waals surface area contributed by atoms with Crippen molar-refractivity contribution < 1.29 is 19.4 Å². The van der Waals surface area contributed by atoms with Crippen molar-refractivity contribution in [1.29, 1.82) is 0 Å². The molecule has 6 heteroatoms. The summed E-state index contributed by atoms with van der Waals surface area (Å²) in [6.07, 6.45) is 0.819. The molecule has 1 fully saturated rings. The molecule has 1 heterocycles. The highest BCUT2D eigenvalue weighted by molar-refractivity contribution is 5.79. The number of hydrogen-bond acceptors (Lipinski definition) is 2. The first kappa shape index (κ1) is 23.0. The number of carbonyl (C=O) groups excluding carboxylic acids is 2. The van der Waals surface area contributed by atoms with Crippen LogP contribution in [0.5, 0.6) is 0 Å². The first-order valence-electron chi connectivity index (χ1n) is 11.3. The second-order valence-electron chi connectivity index (χ2n) is 8.69. The average molecular weight is 425 g/mol. The number of quaternary nitrogens is 2. The van der Waals surface area contributed by atoms with Crippen molar-refractivity contribution in [2.75, 3.05) is 52.9 Å².